The fourth-order valence-corrected chi connectivity index (χ4v) is 4.30. The molecule has 1 aromatic rings. The monoisotopic (exact) mass is 283 g/mol. The molecule has 0 aromatic carbocycles. The molecule has 1 fully saturated rings. The van der Waals surface area contributed by atoms with Crippen LogP contribution in [0.1, 0.15) is 33.1 Å². The standard InChI is InChI=1S/C13H21N3O2S/c1-3-10-4-5-12(9(10)2)16-19(17,18)13-8-15-7-6-11(13)14/h6-10,12,16H,3-5H2,1-2H3,(H2,14,15). The Kier molecular flexibility index (Phi) is 4.10. The van der Waals surface area contributed by atoms with Gasteiger partial charge in [0.25, 0.3) is 0 Å². The van der Waals surface area contributed by atoms with Crippen molar-refractivity contribution in [3.63, 3.8) is 0 Å². The van der Waals surface area contributed by atoms with E-state index in [1.807, 2.05) is 0 Å². The van der Waals surface area contributed by atoms with Gasteiger partial charge in [-0.25, -0.2) is 13.1 Å². The smallest absolute Gasteiger partial charge is 0.244 e. The molecule has 1 aromatic heterocycles. The summed E-state index contributed by atoms with van der Waals surface area (Å²) in [5, 5.41) is 0. The van der Waals surface area contributed by atoms with E-state index in [4.69, 9.17) is 5.73 Å². The minimum Gasteiger partial charge on any atom is -0.398 e. The molecule has 6 heteroatoms. The molecule has 0 amide bonds. The number of sulfonamides is 1. The largest absolute Gasteiger partial charge is 0.398 e. The van der Waals surface area contributed by atoms with E-state index in [1.165, 1.54) is 18.5 Å². The number of hydrogen-bond acceptors (Lipinski definition) is 4. The minimum absolute atomic E-state index is 0.00504. The number of rotatable bonds is 4. The number of nitrogens with one attached hydrogen (secondary N) is 1. The molecule has 0 aliphatic heterocycles. The van der Waals surface area contributed by atoms with Crippen molar-refractivity contribution >= 4 is 15.7 Å². The Morgan fingerprint density at radius 1 is 1.47 bits per heavy atom. The molecule has 2 rings (SSSR count). The van der Waals surface area contributed by atoms with E-state index < -0.39 is 10.0 Å². The first-order valence-corrected chi connectivity index (χ1v) is 8.16. The van der Waals surface area contributed by atoms with Crippen LogP contribution < -0.4 is 10.5 Å². The third kappa shape index (κ3) is 2.90. The van der Waals surface area contributed by atoms with Crippen LogP contribution >= 0.6 is 0 Å². The number of pyridine rings is 1. The first-order chi connectivity index (χ1) is 8.95. The van der Waals surface area contributed by atoms with Gasteiger partial charge in [-0.2, -0.15) is 0 Å². The van der Waals surface area contributed by atoms with Gasteiger partial charge in [0.15, 0.2) is 0 Å². The quantitative estimate of drug-likeness (QED) is 0.882. The molecule has 0 saturated heterocycles. The zero-order valence-electron chi connectivity index (χ0n) is 11.3. The summed E-state index contributed by atoms with van der Waals surface area (Å²) in [6, 6.07) is 1.50. The Morgan fingerprint density at radius 3 is 2.79 bits per heavy atom. The number of aromatic nitrogens is 1. The van der Waals surface area contributed by atoms with Gasteiger partial charge in [0.05, 0.1) is 5.69 Å². The second-order valence-corrected chi connectivity index (χ2v) is 6.93. The molecule has 1 aliphatic rings. The van der Waals surface area contributed by atoms with Gasteiger partial charge >= 0.3 is 0 Å². The third-order valence-corrected chi connectivity index (χ3v) is 5.70. The van der Waals surface area contributed by atoms with Crippen molar-refractivity contribution in [3.8, 4) is 0 Å². The summed E-state index contributed by atoms with van der Waals surface area (Å²) in [6.45, 7) is 4.26. The maximum Gasteiger partial charge on any atom is 0.244 e. The fraction of sp³-hybridized carbons (Fsp3) is 0.615. The van der Waals surface area contributed by atoms with E-state index in [2.05, 4.69) is 23.6 Å². The predicted molar refractivity (Wildman–Crippen MR) is 74.9 cm³/mol. The number of nitrogen functional groups attached to an aromatic ring is 1. The van der Waals surface area contributed by atoms with Crippen LogP contribution in [0.15, 0.2) is 23.4 Å². The van der Waals surface area contributed by atoms with E-state index in [-0.39, 0.29) is 16.6 Å². The highest BCUT2D eigenvalue weighted by atomic mass is 32.2. The molecule has 19 heavy (non-hydrogen) atoms. The summed E-state index contributed by atoms with van der Waals surface area (Å²) in [4.78, 5) is 3.91. The molecule has 3 unspecified atom stereocenters. The van der Waals surface area contributed by atoms with E-state index in [1.54, 1.807) is 0 Å². The summed E-state index contributed by atoms with van der Waals surface area (Å²) in [5.74, 6) is 0.955. The molecular formula is C13H21N3O2S. The van der Waals surface area contributed by atoms with Gasteiger partial charge in [0.2, 0.25) is 10.0 Å². The number of nitrogens with two attached hydrogens (primary N) is 1. The molecule has 0 bridgehead atoms. The van der Waals surface area contributed by atoms with Gasteiger partial charge in [-0.05, 0) is 30.7 Å². The van der Waals surface area contributed by atoms with E-state index in [0.29, 0.717) is 11.8 Å². The average Bonchev–Trinajstić information content (AvgIpc) is 2.70. The topological polar surface area (TPSA) is 85.1 Å². The Balaban J connectivity index is 2.17. The zero-order valence-corrected chi connectivity index (χ0v) is 12.2. The predicted octanol–water partition coefficient (Wildman–Crippen LogP) is 1.77. The molecule has 1 heterocycles. The van der Waals surface area contributed by atoms with Crippen molar-refractivity contribution < 1.29 is 8.42 Å². The van der Waals surface area contributed by atoms with Crippen LogP contribution in [-0.4, -0.2) is 19.4 Å². The van der Waals surface area contributed by atoms with Crippen LogP contribution in [0, 0.1) is 11.8 Å². The minimum atomic E-state index is -3.58. The van der Waals surface area contributed by atoms with Crippen molar-refractivity contribution in [2.24, 2.45) is 11.8 Å². The van der Waals surface area contributed by atoms with Gasteiger partial charge in [-0.3, -0.25) is 4.98 Å². The second-order valence-electron chi connectivity index (χ2n) is 5.25. The Bertz CT molecular complexity index is 545. The molecule has 0 radical (unpaired) electrons. The summed E-state index contributed by atoms with van der Waals surface area (Å²) in [7, 11) is -3.58. The summed E-state index contributed by atoms with van der Waals surface area (Å²) in [6.07, 6.45) is 5.84. The second kappa shape index (κ2) is 5.46. The van der Waals surface area contributed by atoms with Crippen LogP contribution in [0.25, 0.3) is 0 Å². The van der Waals surface area contributed by atoms with Gasteiger partial charge in [-0.15, -0.1) is 0 Å². The maximum absolute atomic E-state index is 12.3. The molecule has 5 nitrogen and oxygen atoms in total. The Hall–Kier alpha value is -1.14. The van der Waals surface area contributed by atoms with Crippen molar-refractivity contribution in [2.75, 3.05) is 5.73 Å². The lowest BCUT2D eigenvalue weighted by Gasteiger charge is -2.21. The first-order valence-electron chi connectivity index (χ1n) is 6.67. The molecule has 3 atom stereocenters. The van der Waals surface area contributed by atoms with Crippen LogP contribution in [0.4, 0.5) is 5.69 Å². The third-order valence-electron chi connectivity index (χ3n) is 4.16. The first kappa shape index (κ1) is 14.3. The summed E-state index contributed by atoms with van der Waals surface area (Å²) < 4.78 is 27.4. The van der Waals surface area contributed by atoms with E-state index >= 15 is 0 Å². The number of nitrogens with zero attached hydrogens (tertiary/aromatic N) is 1. The van der Waals surface area contributed by atoms with Crippen molar-refractivity contribution in [1.29, 1.82) is 0 Å². The fourth-order valence-electron chi connectivity index (χ4n) is 2.87. The van der Waals surface area contributed by atoms with Crippen molar-refractivity contribution in [3.05, 3.63) is 18.5 Å². The average molecular weight is 283 g/mol. The van der Waals surface area contributed by atoms with Gasteiger partial charge in [-0.1, -0.05) is 20.3 Å². The number of anilines is 1. The Morgan fingerprint density at radius 2 is 2.21 bits per heavy atom. The SMILES string of the molecule is CCC1CCC(NS(=O)(=O)c2cnccc2N)C1C. The summed E-state index contributed by atoms with van der Waals surface area (Å²) in [5.41, 5.74) is 5.95. The summed E-state index contributed by atoms with van der Waals surface area (Å²) >= 11 is 0. The maximum atomic E-state index is 12.3. The molecule has 106 valence electrons. The van der Waals surface area contributed by atoms with Gasteiger partial charge < -0.3 is 5.73 Å². The molecule has 3 N–H and O–H groups in total. The van der Waals surface area contributed by atoms with Crippen LogP contribution in [0.3, 0.4) is 0 Å². The van der Waals surface area contributed by atoms with Crippen LogP contribution in [-0.2, 0) is 10.0 Å². The van der Waals surface area contributed by atoms with Gasteiger partial charge in [0, 0.05) is 18.4 Å². The highest BCUT2D eigenvalue weighted by molar-refractivity contribution is 7.89. The highest BCUT2D eigenvalue weighted by Crippen LogP contribution is 2.34. The zero-order chi connectivity index (χ0) is 14.0. The molecular weight excluding hydrogens is 262 g/mol. The molecule has 1 aliphatic carbocycles. The highest BCUT2D eigenvalue weighted by Gasteiger charge is 2.34. The Labute approximate surface area is 114 Å². The van der Waals surface area contributed by atoms with Gasteiger partial charge in [0.1, 0.15) is 4.90 Å². The lowest BCUT2D eigenvalue weighted by Crippen LogP contribution is -2.37. The molecule has 1 saturated carbocycles. The van der Waals surface area contributed by atoms with Crippen molar-refractivity contribution in [2.45, 2.75) is 44.0 Å². The molecule has 0 spiro atoms. The van der Waals surface area contributed by atoms with Crippen LogP contribution in [0.2, 0.25) is 0 Å². The van der Waals surface area contributed by atoms with E-state index in [0.717, 1.165) is 19.3 Å². The normalized spacial score (nSPS) is 27.6. The van der Waals surface area contributed by atoms with E-state index in [9.17, 15) is 8.42 Å². The number of hydrogen-bond donors (Lipinski definition) is 2. The lowest BCUT2D eigenvalue weighted by molar-refractivity contribution is 0.368. The lowest BCUT2D eigenvalue weighted by atomic mass is 9.94. The van der Waals surface area contributed by atoms with Crippen LogP contribution in [0.5, 0.6) is 0 Å². The van der Waals surface area contributed by atoms with Crippen molar-refractivity contribution in [1.82, 2.24) is 9.71 Å².